The summed E-state index contributed by atoms with van der Waals surface area (Å²) in [5.74, 6) is -0.618. The van der Waals surface area contributed by atoms with E-state index in [1.54, 1.807) is 49.4 Å². The minimum absolute atomic E-state index is 0.0153. The van der Waals surface area contributed by atoms with Crippen molar-refractivity contribution in [3.05, 3.63) is 76.9 Å². The highest BCUT2D eigenvalue weighted by molar-refractivity contribution is 6.30. The highest BCUT2D eigenvalue weighted by Gasteiger charge is 2.18. The van der Waals surface area contributed by atoms with Crippen LogP contribution in [0.5, 0.6) is 0 Å². The van der Waals surface area contributed by atoms with Gasteiger partial charge in [-0.15, -0.1) is 0 Å². The van der Waals surface area contributed by atoms with Crippen LogP contribution in [0.1, 0.15) is 27.8 Å². The van der Waals surface area contributed by atoms with Crippen molar-refractivity contribution < 1.29 is 14.3 Å². The van der Waals surface area contributed by atoms with E-state index in [4.69, 9.17) is 16.3 Å². The maximum Gasteiger partial charge on any atom is 0.358 e. The van der Waals surface area contributed by atoms with Crippen LogP contribution >= 0.6 is 11.6 Å². The Bertz CT molecular complexity index is 918. The van der Waals surface area contributed by atoms with Crippen molar-refractivity contribution in [2.75, 3.05) is 6.61 Å². The summed E-state index contributed by atoms with van der Waals surface area (Å²) in [4.78, 5) is 24.6. The van der Waals surface area contributed by atoms with Crippen molar-refractivity contribution in [3.8, 4) is 11.3 Å². The van der Waals surface area contributed by atoms with E-state index in [1.165, 1.54) is 4.68 Å². The van der Waals surface area contributed by atoms with Gasteiger partial charge in [-0.05, 0) is 30.7 Å². The average molecular weight is 369 g/mol. The quantitative estimate of drug-likeness (QED) is 0.481. The molecule has 2 aromatic carbocycles. The third-order valence-corrected chi connectivity index (χ3v) is 4.05. The van der Waals surface area contributed by atoms with Crippen molar-refractivity contribution in [1.29, 1.82) is 0 Å². The third-order valence-electron chi connectivity index (χ3n) is 3.79. The van der Waals surface area contributed by atoms with Crippen molar-refractivity contribution in [3.63, 3.8) is 0 Å². The summed E-state index contributed by atoms with van der Waals surface area (Å²) in [6.45, 7) is 2.00. The molecule has 0 fully saturated rings. The predicted octanol–water partition coefficient (Wildman–Crippen LogP) is 4.26. The molecule has 0 spiro atoms. The molecule has 0 atom stereocenters. The number of benzene rings is 2. The number of hydrogen-bond acceptors (Lipinski definition) is 4. The van der Waals surface area contributed by atoms with Gasteiger partial charge in [0.1, 0.15) is 6.54 Å². The fourth-order valence-electron chi connectivity index (χ4n) is 2.55. The summed E-state index contributed by atoms with van der Waals surface area (Å²) in [7, 11) is 0. The molecule has 0 amide bonds. The van der Waals surface area contributed by atoms with Crippen LogP contribution in [0.3, 0.4) is 0 Å². The van der Waals surface area contributed by atoms with Crippen LogP contribution < -0.4 is 0 Å². The predicted molar refractivity (Wildman–Crippen MR) is 99.4 cm³/mol. The SMILES string of the molecule is CCOC(=O)c1cc(-c2ccc(Cl)cc2)n(CC(=O)c2ccccc2)n1. The van der Waals surface area contributed by atoms with E-state index in [1.807, 2.05) is 18.2 Å². The molecule has 1 aromatic heterocycles. The van der Waals surface area contributed by atoms with Crippen molar-refractivity contribution in [2.24, 2.45) is 0 Å². The molecule has 0 radical (unpaired) electrons. The van der Waals surface area contributed by atoms with Crippen LogP contribution in [-0.4, -0.2) is 28.1 Å². The second-order valence-electron chi connectivity index (χ2n) is 5.59. The van der Waals surface area contributed by atoms with Gasteiger partial charge in [0.25, 0.3) is 0 Å². The lowest BCUT2D eigenvalue weighted by Gasteiger charge is -2.07. The van der Waals surface area contributed by atoms with Gasteiger partial charge in [-0.25, -0.2) is 4.79 Å². The van der Waals surface area contributed by atoms with E-state index < -0.39 is 5.97 Å². The molecule has 5 nitrogen and oxygen atoms in total. The first-order valence-electron chi connectivity index (χ1n) is 8.17. The molecule has 3 aromatic rings. The minimum Gasteiger partial charge on any atom is -0.461 e. The van der Waals surface area contributed by atoms with Crippen LogP contribution in [0, 0.1) is 0 Å². The topological polar surface area (TPSA) is 61.2 Å². The molecule has 0 bridgehead atoms. The summed E-state index contributed by atoms with van der Waals surface area (Å²) < 4.78 is 6.54. The van der Waals surface area contributed by atoms with Gasteiger partial charge in [0.2, 0.25) is 0 Å². The Labute approximate surface area is 156 Å². The number of aromatic nitrogens is 2. The monoisotopic (exact) mass is 368 g/mol. The summed E-state index contributed by atoms with van der Waals surface area (Å²) in [6.07, 6.45) is 0. The van der Waals surface area contributed by atoms with Crippen LogP contribution in [-0.2, 0) is 11.3 Å². The van der Waals surface area contributed by atoms with Gasteiger partial charge in [0.15, 0.2) is 11.5 Å². The molecule has 0 aliphatic carbocycles. The molecule has 0 aliphatic heterocycles. The van der Waals surface area contributed by atoms with Crippen molar-refractivity contribution >= 4 is 23.4 Å². The number of nitrogens with zero attached hydrogens (tertiary/aromatic N) is 2. The normalized spacial score (nSPS) is 10.5. The fraction of sp³-hybridized carbons (Fsp3) is 0.150. The van der Waals surface area contributed by atoms with Gasteiger partial charge in [0.05, 0.1) is 12.3 Å². The molecule has 26 heavy (non-hydrogen) atoms. The maximum absolute atomic E-state index is 12.6. The van der Waals surface area contributed by atoms with Gasteiger partial charge in [-0.2, -0.15) is 5.10 Å². The molecule has 0 unspecified atom stereocenters. The number of esters is 1. The number of Topliss-reactive ketones (excluding diaryl/α,β-unsaturated/α-hetero) is 1. The van der Waals surface area contributed by atoms with E-state index in [9.17, 15) is 9.59 Å². The molecule has 3 rings (SSSR count). The molecule has 0 saturated heterocycles. The Morgan fingerprint density at radius 1 is 1.08 bits per heavy atom. The number of ether oxygens (including phenoxy) is 1. The summed E-state index contributed by atoms with van der Waals surface area (Å²) in [5.41, 5.74) is 2.20. The number of carbonyl (C=O) groups excluding carboxylic acids is 2. The molecule has 0 N–H and O–H groups in total. The first-order chi connectivity index (χ1) is 12.6. The van der Waals surface area contributed by atoms with Crippen LogP contribution in [0.4, 0.5) is 0 Å². The smallest absolute Gasteiger partial charge is 0.358 e. The van der Waals surface area contributed by atoms with E-state index in [0.29, 0.717) is 16.3 Å². The minimum atomic E-state index is -0.520. The van der Waals surface area contributed by atoms with Crippen molar-refractivity contribution in [1.82, 2.24) is 9.78 Å². The Kier molecular flexibility index (Phi) is 5.49. The van der Waals surface area contributed by atoms with E-state index in [2.05, 4.69) is 5.10 Å². The van der Waals surface area contributed by atoms with E-state index in [-0.39, 0.29) is 24.6 Å². The Morgan fingerprint density at radius 2 is 1.77 bits per heavy atom. The zero-order valence-corrected chi connectivity index (χ0v) is 14.9. The summed E-state index contributed by atoms with van der Waals surface area (Å²) in [5, 5.41) is 4.88. The lowest BCUT2D eigenvalue weighted by Crippen LogP contribution is -2.14. The number of hydrogen-bond donors (Lipinski definition) is 0. The molecule has 0 aliphatic rings. The number of ketones is 1. The first-order valence-corrected chi connectivity index (χ1v) is 8.55. The van der Waals surface area contributed by atoms with Crippen LogP contribution in [0.25, 0.3) is 11.3 Å². The van der Waals surface area contributed by atoms with Gasteiger partial charge in [-0.3, -0.25) is 9.48 Å². The van der Waals surface area contributed by atoms with Crippen LogP contribution in [0.15, 0.2) is 60.7 Å². The van der Waals surface area contributed by atoms with Gasteiger partial charge >= 0.3 is 5.97 Å². The number of halogens is 1. The van der Waals surface area contributed by atoms with Crippen molar-refractivity contribution in [2.45, 2.75) is 13.5 Å². The lowest BCUT2D eigenvalue weighted by atomic mass is 10.1. The maximum atomic E-state index is 12.6. The zero-order valence-electron chi connectivity index (χ0n) is 14.2. The highest BCUT2D eigenvalue weighted by atomic mass is 35.5. The zero-order chi connectivity index (χ0) is 18.5. The molecule has 0 saturated carbocycles. The summed E-state index contributed by atoms with van der Waals surface area (Å²) >= 11 is 5.95. The standard InChI is InChI=1S/C20H17ClN2O3/c1-2-26-20(25)17-12-18(14-8-10-16(21)11-9-14)23(22-17)13-19(24)15-6-4-3-5-7-15/h3-12H,2,13H2,1H3. The molecular formula is C20H17ClN2O3. The van der Waals surface area contributed by atoms with Crippen LogP contribution in [0.2, 0.25) is 5.02 Å². The molecule has 1 heterocycles. The summed E-state index contributed by atoms with van der Waals surface area (Å²) in [6, 6.07) is 17.7. The molecule has 132 valence electrons. The lowest BCUT2D eigenvalue weighted by molar-refractivity contribution is 0.0517. The Balaban J connectivity index is 1.97. The largest absolute Gasteiger partial charge is 0.461 e. The molecular weight excluding hydrogens is 352 g/mol. The second kappa shape index (κ2) is 7.97. The van der Waals surface area contributed by atoms with Gasteiger partial charge in [0, 0.05) is 10.6 Å². The number of carbonyl (C=O) groups is 2. The fourth-order valence-corrected chi connectivity index (χ4v) is 2.67. The first kappa shape index (κ1) is 17.9. The highest BCUT2D eigenvalue weighted by Crippen LogP contribution is 2.23. The third kappa shape index (κ3) is 4.00. The van der Waals surface area contributed by atoms with E-state index in [0.717, 1.165) is 5.56 Å². The second-order valence-corrected chi connectivity index (χ2v) is 6.03. The van der Waals surface area contributed by atoms with Gasteiger partial charge < -0.3 is 4.74 Å². The Hall–Kier alpha value is -2.92. The van der Waals surface area contributed by atoms with E-state index >= 15 is 0 Å². The average Bonchev–Trinajstić information content (AvgIpc) is 3.07. The number of rotatable bonds is 6. The van der Waals surface area contributed by atoms with Gasteiger partial charge in [-0.1, -0.05) is 54.1 Å². The Morgan fingerprint density at radius 3 is 2.42 bits per heavy atom. The molecule has 6 heteroatoms.